The van der Waals surface area contributed by atoms with Gasteiger partial charge in [-0.15, -0.1) is 0 Å². The van der Waals surface area contributed by atoms with E-state index in [-0.39, 0.29) is 0 Å². The number of benzene rings is 1. The van der Waals surface area contributed by atoms with Crippen LogP contribution in [0, 0.1) is 22.7 Å². The zero-order chi connectivity index (χ0) is 12.8. The first-order valence-electron chi connectivity index (χ1n) is 5.41. The van der Waals surface area contributed by atoms with Crippen LogP contribution in [0.4, 0.5) is 5.69 Å². The summed E-state index contributed by atoms with van der Waals surface area (Å²) in [6.07, 6.45) is 1.60. The van der Waals surface area contributed by atoms with Gasteiger partial charge in [0.25, 0.3) is 0 Å². The van der Waals surface area contributed by atoms with E-state index in [1.807, 2.05) is 24.3 Å². The molecule has 0 amide bonds. The maximum atomic E-state index is 8.73. The molecule has 86 valence electrons. The van der Waals surface area contributed by atoms with Crippen molar-refractivity contribution in [2.75, 3.05) is 5.32 Å². The van der Waals surface area contributed by atoms with Gasteiger partial charge in [0, 0.05) is 18.4 Å². The van der Waals surface area contributed by atoms with Gasteiger partial charge in [0.15, 0.2) is 0 Å². The molecule has 0 unspecified atom stereocenters. The molecule has 0 bridgehead atoms. The number of nitrogens with zero attached hydrogens (tertiary/aromatic N) is 3. The van der Waals surface area contributed by atoms with Gasteiger partial charge in [0.2, 0.25) is 0 Å². The van der Waals surface area contributed by atoms with E-state index in [9.17, 15) is 0 Å². The first kappa shape index (κ1) is 11.6. The number of hydrogen-bond donors (Lipinski definition) is 1. The Morgan fingerprint density at radius 2 is 1.83 bits per heavy atom. The van der Waals surface area contributed by atoms with Gasteiger partial charge < -0.3 is 5.32 Å². The lowest BCUT2D eigenvalue weighted by Gasteiger charge is -2.06. The van der Waals surface area contributed by atoms with Gasteiger partial charge in [0.1, 0.15) is 11.8 Å². The molecular weight excluding hydrogens is 224 g/mol. The highest BCUT2D eigenvalue weighted by atomic mass is 14.9. The minimum Gasteiger partial charge on any atom is -0.381 e. The van der Waals surface area contributed by atoms with Crippen LogP contribution in [0.5, 0.6) is 0 Å². The van der Waals surface area contributed by atoms with Crippen molar-refractivity contribution in [3.05, 3.63) is 59.4 Å². The Kier molecular flexibility index (Phi) is 3.53. The topological polar surface area (TPSA) is 72.5 Å². The van der Waals surface area contributed by atoms with Crippen molar-refractivity contribution >= 4 is 5.69 Å². The lowest BCUT2D eigenvalue weighted by molar-refractivity contribution is 1.14. The van der Waals surface area contributed by atoms with Crippen LogP contribution < -0.4 is 5.32 Å². The third kappa shape index (κ3) is 2.84. The van der Waals surface area contributed by atoms with E-state index < -0.39 is 0 Å². The smallest absolute Gasteiger partial charge is 0.142 e. The van der Waals surface area contributed by atoms with Crippen LogP contribution in [-0.2, 0) is 6.54 Å². The quantitative estimate of drug-likeness (QED) is 0.885. The second-order valence-corrected chi connectivity index (χ2v) is 3.70. The van der Waals surface area contributed by atoms with Crippen LogP contribution in [0.1, 0.15) is 16.8 Å². The van der Waals surface area contributed by atoms with E-state index in [0.29, 0.717) is 17.8 Å². The number of pyridine rings is 1. The first-order chi connectivity index (χ1) is 8.81. The predicted octanol–water partition coefficient (Wildman–Crippen LogP) is 2.44. The van der Waals surface area contributed by atoms with E-state index in [4.69, 9.17) is 10.5 Å². The molecule has 18 heavy (non-hydrogen) atoms. The van der Waals surface area contributed by atoms with Gasteiger partial charge in [-0.1, -0.05) is 12.1 Å². The highest BCUT2D eigenvalue weighted by molar-refractivity contribution is 5.46. The second kappa shape index (κ2) is 5.47. The van der Waals surface area contributed by atoms with Gasteiger partial charge in [-0.2, -0.15) is 10.5 Å². The molecule has 1 aromatic carbocycles. The fourth-order valence-corrected chi connectivity index (χ4v) is 1.50. The molecule has 1 N–H and O–H groups in total. The number of rotatable bonds is 3. The molecule has 0 aliphatic heterocycles. The van der Waals surface area contributed by atoms with Crippen LogP contribution in [0.25, 0.3) is 0 Å². The summed E-state index contributed by atoms with van der Waals surface area (Å²) in [7, 11) is 0. The summed E-state index contributed by atoms with van der Waals surface area (Å²) < 4.78 is 0. The molecule has 0 saturated heterocycles. The van der Waals surface area contributed by atoms with E-state index in [1.165, 1.54) is 0 Å². The van der Waals surface area contributed by atoms with Crippen molar-refractivity contribution in [1.29, 1.82) is 10.5 Å². The molecule has 0 saturated carbocycles. The van der Waals surface area contributed by atoms with Gasteiger partial charge in [-0.3, -0.25) is 0 Å². The van der Waals surface area contributed by atoms with Gasteiger partial charge in [-0.25, -0.2) is 4.98 Å². The lowest BCUT2D eigenvalue weighted by Crippen LogP contribution is -2.00. The van der Waals surface area contributed by atoms with E-state index >= 15 is 0 Å². The second-order valence-electron chi connectivity index (χ2n) is 3.70. The Hall–Kier alpha value is -2.85. The summed E-state index contributed by atoms with van der Waals surface area (Å²) in [5.74, 6) is 0. The van der Waals surface area contributed by atoms with Crippen molar-refractivity contribution in [2.45, 2.75) is 6.54 Å². The Balaban J connectivity index is 2.02. The average Bonchev–Trinajstić information content (AvgIpc) is 2.46. The Labute approximate surface area is 105 Å². The molecule has 0 atom stereocenters. The summed E-state index contributed by atoms with van der Waals surface area (Å²) in [4.78, 5) is 3.90. The predicted molar refractivity (Wildman–Crippen MR) is 67.4 cm³/mol. The van der Waals surface area contributed by atoms with Crippen LogP contribution in [0.3, 0.4) is 0 Å². The summed E-state index contributed by atoms with van der Waals surface area (Å²) in [5, 5.41) is 20.6. The van der Waals surface area contributed by atoms with Crippen molar-refractivity contribution in [2.24, 2.45) is 0 Å². The molecule has 1 aromatic heterocycles. The van der Waals surface area contributed by atoms with Crippen molar-refractivity contribution < 1.29 is 0 Å². The molecule has 0 aliphatic carbocycles. The molecule has 4 heteroatoms. The molecule has 2 rings (SSSR count). The first-order valence-corrected chi connectivity index (χ1v) is 5.41. The molecule has 2 aromatic rings. The van der Waals surface area contributed by atoms with Crippen LogP contribution in [0.2, 0.25) is 0 Å². The van der Waals surface area contributed by atoms with Crippen LogP contribution in [0.15, 0.2) is 42.6 Å². The maximum absolute atomic E-state index is 8.73. The summed E-state index contributed by atoms with van der Waals surface area (Å²) in [6, 6.07) is 14.9. The van der Waals surface area contributed by atoms with E-state index in [1.54, 1.807) is 24.4 Å². The van der Waals surface area contributed by atoms with Gasteiger partial charge >= 0.3 is 0 Å². The SMILES string of the molecule is N#Cc1ccc(CNc2ccnc(C#N)c2)cc1. The molecule has 0 fully saturated rings. The Morgan fingerprint density at radius 1 is 1.06 bits per heavy atom. The minimum absolute atomic E-state index is 0.389. The molecule has 0 aliphatic rings. The van der Waals surface area contributed by atoms with Gasteiger partial charge in [-0.05, 0) is 29.8 Å². The Bertz CT molecular complexity index is 617. The lowest BCUT2D eigenvalue weighted by atomic mass is 10.1. The average molecular weight is 234 g/mol. The van der Waals surface area contributed by atoms with Crippen molar-refractivity contribution in [1.82, 2.24) is 4.98 Å². The number of anilines is 1. The number of nitriles is 2. The highest BCUT2D eigenvalue weighted by Gasteiger charge is 1.97. The van der Waals surface area contributed by atoms with E-state index in [0.717, 1.165) is 11.3 Å². The van der Waals surface area contributed by atoms with E-state index in [2.05, 4.69) is 16.4 Å². The number of nitrogens with one attached hydrogen (secondary N) is 1. The third-order valence-corrected chi connectivity index (χ3v) is 2.45. The summed E-state index contributed by atoms with van der Waals surface area (Å²) >= 11 is 0. The molecular formula is C14H10N4. The molecule has 0 spiro atoms. The molecule has 1 heterocycles. The van der Waals surface area contributed by atoms with Crippen LogP contribution >= 0.6 is 0 Å². The van der Waals surface area contributed by atoms with Crippen LogP contribution in [-0.4, -0.2) is 4.98 Å². The fraction of sp³-hybridized carbons (Fsp3) is 0.0714. The highest BCUT2D eigenvalue weighted by Crippen LogP contribution is 2.10. The number of hydrogen-bond acceptors (Lipinski definition) is 4. The van der Waals surface area contributed by atoms with Crippen molar-refractivity contribution in [3.8, 4) is 12.1 Å². The number of aromatic nitrogens is 1. The normalized spacial score (nSPS) is 9.22. The minimum atomic E-state index is 0.389. The maximum Gasteiger partial charge on any atom is 0.142 e. The zero-order valence-corrected chi connectivity index (χ0v) is 9.59. The van der Waals surface area contributed by atoms with Gasteiger partial charge in [0.05, 0.1) is 11.6 Å². The van der Waals surface area contributed by atoms with Crippen molar-refractivity contribution in [3.63, 3.8) is 0 Å². The zero-order valence-electron chi connectivity index (χ0n) is 9.59. The summed E-state index contributed by atoms with van der Waals surface area (Å²) in [6.45, 7) is 0.639. The summed E-state index contributed by atoms with van der Waals surface area (Å²) in [5.41, 5.74) is 2.96. The largest absolute Gasteiger partial charge is 0.381 e. The molecule has 0 radical (unpaired) electrons. The molecule has 4 nitrogen and oxygen atoms in total. The fourth-order valence-electron chi connectivity index (χ4n) is 1.50. The Morgan fingerprint density at radius 3 is 2.50 bits per heavy atom. The third-order valence-electron chi connectivity index (χ3n) is 2.45. The monoisotopic (exact) mass is 234 g/mol. The standard InChI is InChI=1S/C14H10N4/c15-8-11-1-3-12(4-2-11)10-18-13-5-6-17-14(7-13)9-16/h1-7H,10H2,(H,17,18).